The van der Waals surface area contributed by atoms with Crippen molar-refractivity contribution in [1.29, 1.82) is 0 Å². The Balaban J connectivity index is 1.78. The molecule has 0 atom stereocenters. The summed E-state index contributed by atoms with van der Waals surface area (Å²) in [6, 6.07) is 16.8. The Labute approximate surface area is 111 Å². The van der Waals surface area contributed by atoms with Crippen molar-refractivity contribution in [1.82, 2.24) is 4.98 Å². The van der Waals surface area contributed by atoms with Gasteiger partial charge in [0.15, 0.2) is 0 Å². The lowest BCUT2D eigenvalue weighted by Crippen LogP contribution is -1.95. The lowest BCUT2D eigenvalue weighted by Gasteiger charge is -2.07. The summed E-state index contributed by atoms with van der Waals surface area (Å²) < 4.78 is 5.64. The van der Waals surface area contributed by atoms with E-state index < -0.39 is 0 Å². The van der Waals surface area contributed by atoms with Crippen molar-refractivity contribution in [3.05, 3.63) is 66.4 Å². The largest absolute Gasteiger partial charge is 0.508 e. The standard InChI is InChI=1S/C16H13NO2/c18-14-4-1-5-15(10-14)19-11-12-6-7-16-13(9-12)3-2-8-17-16/h1-10,18H,11H2. The lowest BCUT2D eigenvalue weighted by molar-refractivity contribution is 0.304. The van der Waals surface area contributed by atoms with E-state index in [-0.39, 0.29) is 5.75 Å². The number of hydrogen-bond acceptors (Lipinski definition) is 3. The van der Waals surface area contributed by atoms with E-state index in [0.29, 0.717) is 12.4 Å². The average Bonchev–Trinajstić information content (AvgIpc) is 2.45. The van der Waals surface area contributed by atoms with Crippen LogP contribution in [0.2, 0.25) is 0 Å². The Kier molecular flexibility index (Phi) is 3.02. The smallest absolute Gasteiger partial charge is 0.123 e. The van der Waals surface area contributed by atoms with Crippen LogP contribution in [0.15, 0.2) is 60.8 Å². The summed E-state index contributed by atoms with van der Waals surface area (Å²) in [4.78, 5) is 4.28. The van der Waals surface area contributed by atoms with Gasteiger partial charge in [-0.05, 0) is 35.9 Å². The third-order valence-electron chi connectivity index (χ3n) is 2.89. The van der Waals surface area contributed by atoms with Crippen LogP contribution < -0.4 is 4.74 Å². The van der Waals surface area contributed by atoms with Gasteiger partial charge in [0.1, 0.15) is 18.1 Å². The minimum Gasteiger partial charge on any atom is -0.508 e. The van der Waals surface area contributed by atoms with Crippen LogP contribution in [-0.2, 0) is 6.61 Å². The Morgan fingerprint density at radius 3 is 2.84 bits per heavy atom. The van der Waals surface area contributed by atoms with E-state index in [1.165, 1.54) is 0 Å². The van der Waals surface area contributed by atoms with E-state index in [9.17, 15) is 5.11 Å². The maximum Gasteiger partial charge on any atom is 0.123 e. The molecule has 0 saturated heterocycles. The summed E-state index contributed by atoms with van der Waals surface area (Å²) >= 11 is 0. The number of rotatable bonds is 3. The molecule has 0 aliphatic carbocycles. The number of ether oxygens (including phenoxy) is 1. The van der Waals surface area contributed by atoms with E-state index in [0.717, 1.165) is 16.5 Å². The zero-order valence-electron chi connectivity index (χ0n) is 10.3. The van der Waals surface area contributed by atoms with Crippen molar-refractivity contribution >= 4 is 10.9 Å². The van der Waals surface area contributed by atoms with Crippen LogP contribution in [0.4, 0.5) is 0 Å². The summed E-state index contributed by atoms with van der Waals surface area (Å²) in [6.45, 7) is 0.467. The highest BCUT2D eigenvalue weighted by Gasteiger charge is 1.99. The number of benzene rings is 2. The second-order valence-corrected chi connectivity index (χ2v) is 4.32. The molecule has 0 spiro atoms. The van der Waals surface area contributed by atoms with Crippen LogP contribution in [0.3, 0.4) is 0 Å². The van der Waals surface area contributed by atoms with E-state index in [1.54, 1.807) is 24.4 Å². The predicted molar refractivity (Wildman–Crippen MR) is 74.2 cm³/mol. The number of nitrogens with zero attached hydrogens (tertiary/aromatic N) is 1. The Bertz CT molecular complexity index is 710. The van der Waals surface area contributed by atoms with Crippen molar-refractivity contribution in [2.24, 2.45) is 0 Å². The molecule has 94 valence electrons. The number of phenolic OH excluding ortho intramolecular Hbond substituents is 1. The van der Waals surface area contributed by atoms with Gasteiger partial charge in [0, 0.05) is 17.6 Å². The summed E-state index contributed by atoms with van der Waals surface area (Å²) in [5.74, 6) is 0.867. The van der Waals surface area contributed by atoms with Gasteiger partial charge in [-0.3, -0.25) is 4.98 Å². The van der Waals surface area contributed by atoms with Gasteiger partial charge in [-0.25, -0.2) is 0 Å². The number of hydrogen-bond donors (Lipinski definition) is 1. The average molecular weight is 251 g/mol. The van der Waals surface area contributed by atoms with E-state index >= 15 is 0 Å². The number of aromatic nitrogens is 1. The minimum atomic E-state index is 0.209. The lowest BCUT2D eigenvalue weighted by atomic mass is 10.1. The first-order valence-corrected chi connectivity index (χ1v) is 6.07. The number of pyridine rings is 1. The molecule has 0 saturated carbocycles. The molecule has 3 rings (SSSR count). The van der Waals surface area contributed by atoms with Crippen LogP contribution in [0.1, 0.15) is 5.56 Å². The molecule has 19 heavy (non-hydrogen) atoms. The van der Waals surface area contributed by atoms with E-state index in [4.69, 9.17) is 4.74 Å². The van der Waals surface area contributed by atoms with Gasteiger partial charge in [0.2, 0.25) is 0 Å². The molecule has 2 aromatic carbocycles. The molecule has 0 aliphatic rings. The van der Waals surface area contributed by atoms with Crippen LogP contribution in [-0.4, -0.2) is 10.1 Å². The van der Waals surface area contributed by atoms with Gasteiger partial charge in [-0.1, -0.05) is 18.2 Å². The quantitative estimate of drug-likeness (QED) is 0.774. The number of aromatic hydroxyl groups is 1. The fraction of sp³-hybridized carbons (Fsp3) is 0.0625. The van der Waals surface area contributed by atoms with Gasteiger partial charge in [-0.2, -0.15) is 0 Å². The molecule has 0 unspecified atom stereocenters. The van der Waals surface area contributed by atoms with Gasteiger partial charge < -0.3 is 9.84 Å². The maximum absolute atomic E-state index is 9.36. The molecule has 3 heteroatoms. The monoisotopic (exact) mass is 251 g/mol. The summed E-state index contributed by atoms with van der Waals surface area (Å²) in [5.41, 5.74) is 2.05. The Morgan fingerprint density at radius 2 is 1.95 bits per heavy atom. The summed E-state index contributed by atoms with van der Waals surface area (Å²) in [6.07, 6.45) is 1.78. The third-order valence-corrected chi connectivity index (χ3v) is 2.89. The fourth-order valence-corrected chi connectivity index (χ4v) is 1.95. The second-order valence-electron chi connectivity index (χ2n) is 4.32. The van der Waals surface area contributed by atoms with Crippen LogP contribution in [0, 0.1) is 0 Å². The summed E-state index contributed by atoms with van der Waals surface area (Å²) in [7, 11) is 0. The van der Waals surface area contributed by atoms with Crippen molar-refractivity contribution in [2.45, 2.75) is 6.61 Å². The molecule has 0 bridgehead atoms. The Hall–Kier alpha value is -2.55. The van der Waals surface area contributed by atoms with Crippen LogP contribution in [0.25, 0.3) is 10.9 Å². The fourth-order valence-electron chi connectivity index (χ4n) is 1.95. The minimum absolute atomic E-state index is 0.209. The topological polar surface area (TPSA) is 42.4 Å². The van der Waals surface area contributed by atoms with Crippen LogP contribution in [0.5, 0.6) is 11.5 Å². The number of fused-ring (bicyclic) bond motifs is 1. The molecule has 0 amide bonds. The molecule has 3 nitrogen and oxygen atoms in total. The molecular weight excluding hydrogens is 238 g/mol. The highest BCUT2D eigenvalue weighted by molar-refractivity contribution is 5.78. The third kappa shape index (κ3) is 2.65. The zero-order chi connectivity index (χ0) is 13.1. The predicted octanol–water partition coefficient (Wildman–Crippen LogP) is 3.52. The molecule has 0 radical (unpaired) electrons. The highest BCUT2D eigenvalue weighted by Crippen LogP contribution is 2.20. The zero-order valence-corrected chi connectivity index (χ0v) is 10.3. The molecule has 0 aliphatic heterocycles. The molecule has 1 N–H and O–H groups in total. The first kappa shape index (κ1) is 11.5. The van der Waals surface area contributed by atoms with Crippen molar-refractivity contribution < 1.29 is 9.84 Å². The van der Waals surface area contributed by atoms with Crippen LogP contribution >= 0.6 is 0 Å². The molecular formula is C16H13NO2. The molecule has 1 heterocycles. The van der Waals surface area contributed by atoms with E-state index in [2.05, 4.69) is 11.1 Å². The van der Waals surface area contributed by atoms with E-state index in [1.807, 2.05) is 30.3 Å². The summed E-state index contributed by atoms with van der Waals surface area (Å²) in [5, 5.41) is 10.5. The molecule has 1 aromatic heterocycles. The molecule has 3 aromatic rings. The van der Waals surface area contributed by atoms with Gasteiger partial charge in [-0.15, -0.1) is 0 Å². The first-order valence-electron chi connectivity index (χ1n) is 6.07. The Morgan fingerprint density at radius 1 is 1.00 bits per heavy atom. The van der Waals surface area contributed by atoms with Crippen molar-refractivity contribution in [2.75, 3.05) is 0 Å². The molecule has 0 fully saturated rings. The second kappa shape index (κ2) is 4.98. The number of phenols is 1. The van der Waals surface area contributed by atoms with Crippen molar-refractivity contribution in [3.63, 3.8) is 0 Å². The van der Waals surface area contributed by atoms with Crippen molar-refractivity contribution in [3.8, 4) is 11.5 Å². The normalized spacial score (nSPS) is 10.5. The first-order chi connectivity index (χ1) is 9.31. The SMILES string of the molecule is Oc1cccc(OCc2ccc3ncccc3c2)c1. The van der Waals surface area contributed by atoms with Gasteiger partial charge in [0.25, 0.3) is 0 Å². The van der Waals surface area contributed by atoms with Gasteiger partial charge in [0.05, 0.1) is 5.52 Å². The maximum atomic E-state index is 9.36. The highest BCUT2D eigenvalue weighted by atomic mass is 16.5. The van der Waals surface area contributed by atoms with Gasteiger partial charge >= 0.3 is 0 Å².